The number of amides is 3. The van der Waals surface area contributed by atoms with Gasteiger partial charge in [-0.3, -0.25) is 20.0 Å². The molecule has 0 saturated carbocycles. The molecule has 0 radical (unpaired) electrons. The summed E-state index contributed by atoms with van der Waals surface area (Å²) < 4.78 is 0. The number of carbonyl (C=O) groups is 2. The van der Waals surface area contributed by atoms with Gasteiger partial charge in [0.05, 0.1) is 12.2 Å². The van der Waals surface area contributed by atoms with Gasteiger partial charge in [0, 0.05) is 19.3 Å². The number of nitrogens with two attached hydrogens (primary N) is 1. The van der Waals surface area contributed by atoms with Gasteiger partial charge in [0.25, 0.3) is 0 Å². The molecular weight excluding hydrogens is 292 g/mol. The highest BCUT2D eigenvalue weighted by Crippen LogP contribution is 2.10. The first kappa shape index (κ1) is 16.6. The normalized spacial score (nSPS) is 10.5. The van der Waals surface area contributed by atoms with Crippen molar-refractivity contribution in [3.63, 3.8) is 0 Å². The Labute approximate surface area is 135 Å². The van der Waals surface area contributed by atoms with E-state index < -0.39 is 11.9 Å². The summed E-state index contributed by atoms with van der Waals surface area (Å²) in [4.78, 5) is 28.8. The number of rotatable bonds is 6. The molecule has 120 valence electrons. The van der Waals surface area contributed by atoms with E-state index in [1.807, 2.05) is 48.2 Å². The van der Waals surface area contributed by atoms with Crippen LogP contribution in [0.1, 0.15) is 16.8 Å². The largest absolute Gasteiger partial charge is 0.351 e. The smallest absolute Gasteiger partial charge is 0.318 e. The third-order valence-corrected chi connectivity index (χ3v) is 3.23. The van der Waals surface area contributed by atoms with Crippen LogP contribution < -0.4 is 11.1 Å². The number of pyridine rings is 1. The number of aromatic nitrogens is 1. The van der Waals surface area contributed by atoms with Crippen molar-refractivity contribution in [2.24, 2.45) is 5.73 Å². The zero-order chi connectivity index (χ0) is 16.7. The molecule has 0 aliphatic carbocycles. The maximum atomic E-state index is 11.8. The van der Waals surface area contributed by atoms with Crippen LogP contribution in [0.4, 0.5) is 4.79 Å². The Morgan fingerprint density at radius 2 is 2.00 bits per heavy atom. The van der Waals surface area contributed by atoms with Gasteiger partial charge in [-0.2, -0.15) is 0 Å². The van der Waals surface area contributed by atoms with Crippen LogP contribution in [0.2, 0.25) is 0 Å². The fraction of sp³-hybridized carbons (Fsp3) is 0.235. The number of hydrogen-bond acceptors (Lipinski definition) is 4. The monoisotopic (exact) mass is 312 g/mol. The maximum Gasteiger partial charge on any atom is 0.318 e. The SMILES string of the molecule is Cc1cccc(CN(CC(=O)NC(N)=O)Cc2ccccn2)c1. The van der Waals surface area contributed by atoms with Gasteiger partial charge in [-0.15, -0.1) is 0 Å². The van der Waals surface area contributed by atoms with E-state index in [-0.39, 0.29) is 6.54 Å². The topological polar surface area (TPSA) is 88.3 Å². The summed E-state index contributed by atoms with van der Waals surface area (Å²) in [6.07, 6.45) is 1.71. The van der Waals surface area contributed by atoms with Gasteiger partial charge < -0.3 is 5.73 Å². The standard InChI is InChI=1S/C17H20N4O2/c1-13-5-4-6-14(9-13)10-21(12-16(22)20-17(18)23)11-15-7-2-3-8-19-15/h2-9H,10-12H2,1H3,(H3,18,20,22,23). The average Bonchev–Trinajstić information content (AvgIpc) is 2.47. The Balaban J connectivity index is 2.10. The van der Waals surface area contributed by atoms with Crippen molar-refractivity contribution in [1.29, 1.82) is 0 Å². The zero-order valence-corrected chi connectivity index (χ0v) is 13.0. The summed E-state index contributed by atoms with van der Waals surface area (Å²) in [7, 11) is 0. The Morgan fingerprint density at radius 3 is 2.65 bits per heavy atom. The quantitative estimate of drug-likeness (QED) is 0.848. The first-order chi connectivity index (χ1) is 11.0. The molecule has 3 N–H and O–H groups in total. The van der Waals surface area contributed by atoms with Crippen molar-refractivity contribution in [1.82, 2.24) is 15.2 Å². The molecule has 1 aromatic heterocycles. The molecule has 0 atom stereocenters. The van der Waals surface area contributed by atoms with E-state index >= 15 is 0 Å². The summed E-state index contributed by atoms with van der Waals surface area (Å²) in [6, 6.07) is 12.9. The molecule has 6 heteroatoms. The van der Waals surface area contributed by atoms with Gasteiger partial charge in [-0.05, 0) is 24.6 Å². The van der Waals surface area contributed by atoms with Crippen molar-refractivity contribution in [2.45, 2.75) is 20.0 Å². The number of carbonyl (C=O) groups excluding carboxylic acids is 2. The van der Waals surface area contributed by atoms with E-state index in [2.05, 4.69) is 16.4 Å². The molecule has 0 spiro atoms. The third kappa shape index (κ3) is 5.88. The average molecular weight is 312 g/mol. The fourth-order valence-electron chi connectivity index (χ4n) is 2.34. The first-order valence-electron chi connectivity index (χ1n) is 7.30. The predicted octanol–water partition coefficient (Wildman–Crippen LogP) is 1.59. The summed E-state index contributed by atoms with van der Waals surface area (Å²) in [5.41, 5.74) is 8.09. The second-order valence-electron chi connectivity index (χ2n) is 5.37. The first-order valence-corrected chi connectivity index (χ1v) is 7.30. The summed E-state index contributed by atoms with van der Waals surface area (Å²) in [5, 5.41) is 2.09. The molecule has 3 amide bonds. The molecule has 2 aromatic rings. The number of aryl methyl sites for hydroxylation is 1. The number of nitrogens with one attached hydrogen (secondary N) is 1. The number of primary amides is 1. The molecule has 0 fully saturated rings. The van der Waals surface area contributed by atoms with Crippen LogP contribution in [0.3, 0.4) is 0 Å². The van der Waals surface area contributed by atoms with E-state index in [1.54, 1.807) is 6.20 Å². The Morgan fingerprint density at radius 1 is 1.17 bits per heavy atom. The van der Waals surface area contributed by atoms with E-state index in [9.17, 15) is 9.59 Å². The second kappa shape index (κ2) is 8.05. The summed E-state index contributed by atoms with van der Waals surface area (Å²) in [6.45, 7) is 3.16. The van der Waals surface area contributed by atoms with Gasteiger partial charge in [-0.1, -0.05) is 35.9 Å². The molecule has 0 unspecified atom stereocenters. The van der Waals surface area contributed by atoms with E-state index in [4.69, 9.17) is 5.73 Å². The molecular formula is C17H20N4O2. The second-order valence-corrected chi connectivity index (χ2v) is 5.37. The predicted molar refractivity (Wildman–Crippen MR) is 87.3 cm³/mol. The number of hydrogen-bond donors (Lipinski definition) is 2. The minimum absolute atomic E-state index is 0.0630. The molecule has 6 nitrogen and oxygen atoms in total. The highest BCUT2D eigenvalue weighted by atomic mass is 16.2. The minimum atomic E-state index is -0.844. The van der Waals surface area contributed by atoms with Crippen LogP contribution in [-0.2, 0) is 17.9 Å². The van der Waals surface area contributed by atoms with Gasteiger partial charge in [0.15, 0.2) is 0 Å². The van der Waals surface area contributed by atoms with Crippen molar-refractivity contribution < 1.29 is 9.59 Å². The number of imide groups is 1. The number of urea groups is 1. The molecule has 1 aromatic carbocycles. The molecule has 23 heavy (non-hydrogen) atoms. The number of benzene rings is 1. The van der Waals surface area contributed by atoms with Crippen LogP contribution in [0.25, 0.3) is 0 Å². The summed E-state index contributed by atoms with van der Waals surface area (Å²) in [5.74, 6) is -0.430. The van der Waals surface area contributed by atoms with Crippen LogP contribution in [-0.4, -0.2) is 28.4 Å². The Kier molecular flexibility index (Phi) is 5.82. The van der Waals surface area contributed by atoms with Crippen molar-refractivity contribution in [3.05, 3.63) is 65.5 Å². The molecule has 0 saturated heterocycles. The lowest BCUT2D eigenvalue weighted by Crippen LogP contribution is -2.42. The lowest BCUT2D eigenvalue weighted by molar-refractivity contribution is -0.121. The highest BCUT2D eigenvalue weighted by Gasteiger charge is 2.14. The molecule has 2 rings (SSSR count). The van der Waals surface area contributed by atoms with Crippen LogP contribution in [0.5, 0.6) is 0 Å². The van der Waals surface area contributed by atoms with E-state index in [0.717, 1.165) is 16.8 Å². The molecule has 0 aliphatic rings. The van der Waals surface area contributed by atoms with Gasteiger partial charge in [-0.25, -0.2) is 4.79 Å². The van der Waals surface area contributed by atoms with Crippen molar-refractivity contribution in [3.8, 4) is 0 Å². The highest BCUT2D eigenvalue weighted by molar-refractivity contribution is 5.94. The number of nitrogens with zero attached hydrogens (tertiary/aromatic N) is 2. The summed E-state index contributed by atoms with van der Waals surface area (Å²) >= 11 is 0. The van der Waals surface area contributed by atoms with Crippen LogP contribution in [0.15, 0.2) is 48.7 Å². The van der Waals surface area contributed by atoms with Crippen LogP contribution >= 0.6 is 0 Å². The Bertz CT molecular complexity index is 673. The molecule has 0 bridgehead atoms. The third-order valence-electron chi connectivity index (χ3n) is 3.23. The lowest BCUT2D eigenvalue weighted by Gasteiger charge is -2.21. The molecule has 0 aliphatic heterocycles. The Hall–Kier alpha value is -2.73. The zero-order valence-electron chi connectivity index (χ0n) is 13.0. The van der Waals surface area contributed by atoms with Crippen molar-refractivity contribution in [2.75, 3.05) is 6.54 Å². The van der Waals surface area contributed by atoms with E-state index in [1.165, 1.54) is 0 Å². The van der Waals surface area contributed by atoms with Gasteiger partial charge in [0.1, 0.15) is 0 Å². The minimum Gasteiger partial charge on any atom is -0.351 e. The van der Waals surface area contributed by atoms with Crippen LogP contribution in [0, 0.1) is 6.92 Å². The maximum absolute atomic E-state index is 11.8. The fourth-order valence-corrected chi connectivity index (χ4v) is 2.34. The lowest BCUT2D eigenvalue weighted by atomic mass is 10.1. The van der Waals surface area contributed by atoms with E-state index in [0.29, 0.717) is 13.1 Å². The van der Waals surface area contributed by atoms with Gasteiger partial charge in [0.2, 0.25) is 5.91 Å². The molecule has 1 heterocycles. The van der Waals surface area contributed by atoms with Gasteiger partial charge >= 0.3 is 6.03 Å². The van der Waals surface area contributed by atoms with Crippen molar-refractivity contribution >= 4 is 11.9 Å².